The molecular formula is C13H9BrN2O6. The van der Waals surface area contributed by atoms with Gasteiger partial charge in [-0.3, -0.25) is 14.9 Å². The van der Waals surface area contributed by atoms with Gasteiger partial charge in [-0.2, -0.15) is 0 Å². The SMILES string of the molecule is O=C(COC(=O)c1ccc(Br)o1)Nc1cccc([N+](=O)[O-])c1. The third kappa shape index (κ3) is 4.16. The molecule has 0 saturated carbocycles. The predicted molar refractivity (Wildman–Crippen MR) is 78.4 cm³/mol. The fourth-order valence-electron chi connectivity index (χ4n) is 1.52. The molecule has 0 aliphatic rings. The first-order chi connectivity index (χ1) is 10.5. The van der Waals surface area contributed by atoms with Crippen molar-refractivity contribution in [3.05, 3.63) is 56.9 Å². The van der Waals surface area contributed by atoms with Crippen molar-refractivity contribution in [3.63, 3.8) is 0 Å². The Kier molecular flexibility index (Phi) is 4.89. The number of rotatable bonds is 5. The Hall–Kier alpha value is -2.68. The van der Waals surface area contributed by atoms with Gasteiger partial charge in [0.2, 0.25) is 5.76 Å². The highest BCUT2D eigenvalue weighted by atomic mass is 79.9. The summed E-state index contributed by atoms with van der Waals surface area (Å²) in [6.07, 6.45) is 0. The van der Waals surface area contributed by atoms with Crippen LogP contribution in [0.5, 0.6) is 0 Å². The number of nitro groups is 1. The monoisotopic (exact) mass is 368 g/mol. The number of ether oxygens (including phenoxy) is 1. The molecule has 2 aromatic rings. The van der Waals surface area contributed by atoms with E-state index in [-0.39, 0.29) is 17.1 Å². The predicted octanol–water partition coefficient (Wildman–Crippen LogP) is 2.75. The molecule has 1 amide bonds. The van der Waals surface area contributed by atoms with Crippen molar-refractivity contribution in [2.75, 3.05) is 11.9 Å². The van der Waals surface area contributed by atoms with E-state index in [4.69, 9.17) is 9.15 Å². The maximum absolute atomic E-state index is 11.6. The van der Waals surface area contributed by atoms with Gasteiger partial charge in [0.05, 0.1) is 4.92 Å². The van der Waals surface area contributed by atoms with Crippen molar-refractivity contribution in [1.29, 1.82) is 0 Å². The van der Waals surface area contributed by atoms with Crippen molar-refractivity contribution in [1.82, 2.24) is 0 Å². The standard InChI is InChI=1S/C13H9BrN2O6/c14-11-5-4-10(22-11)13(18)21-7-12(17)15-8-2-1-3-9(6-8)16(19)20/h1-6H,7H2,(H,15,17). The molecule has 1 aromatic heterocycles. The summed E-state index contributed by atoms with van der Waals surface area (Å²) < 4.78 is 10.1. The summed E-state index contributed by atoms with van der Waals surface area (Å²) in [4.78, 5) is 33.2. The number of benzene rings is 1. The molecule has 0 aliphatic carbocycles. The van der Waals surface area contributed by atoms with Crippen LogP contribution < -0.4 is 5.32 Å². The molecule has 9 heteroatoms. The Morgan fingerprint density at radius 1 is 1.32 bits per heavy atom. The van der Waals surface area contributed by atoms with Gasteiger partial charge in [0.25, 0.3) is 11.6 Å². The van der Waals surface area contributed by atoms with Gasteiger partial charge < -0.3 is 14.5 Å². The minimum absolute atomic E-state index is 0.0463. The number of carbonyl (C=O) groups is 2. The zero-order chi connectivity index (χ0) is 16.1. The van der Waals surface area contributed by atoms with E-state index >= 15 is 0 Å². The molecule has 0 aliphatic heterocycles. The number of nitrogens with zero attached hydrogens (tertiary/aromatic N) is 1. The van der Waals surface area contributed by atoms with Gasteiger partial charge in [0.1, 0.15) is 0 Å². The second-order valence-corrected chi connectivity index (χ2v) is 4.82. The lowest BCUT2D eigenvalue weighted by molar-refractivity contribution is -0.384. The number of anilines is 1. The van der Waals surface area contributed by atoms with Crippen LogP contribution in [0.15, 0.2) is 45.5 Å². The van der Waals surface area contributed by atoms with Crippen LogP contribution in [-0.4, -0.2) is 23.4 Å². The van der Waals surface area contributed by atoms with Crippen LogP contribution >= 0.6 is 15.9 Å². The second-order valence-electron chi connectivity index (χ2n) is 4.04. The van der Waals surface area contributed by atoms with Gasteiger partial charge in [0.15, 0.2) is 11.3 Å². The summed E-state index contributed by atoms with van der Waals surface area (Å²) in [7, 11) is 0. The van der Waals surface area contributed by atoms with E-state index in [0.29, 0.717) is 4.67 Å². The molecule has 0 fully saturated rings. The lowest BCUT2D eigenvalue weighted by atomic mass is 10.3. The summed E-state index contributed by atoms with van der Waals surface area (Å²) in [5.74, 6) is -1.46. The summed E-state index contributed by atoms with van der Waals surface area (Å²) in [6.45, 7) is -0.542. The molecule has 1 heterocycles. The van der Waals surface area contributed by atoms with Crippen LogP contribution in [0.3, 0.4) is 0 Å². The number of halogens is 1. The minimum Gasteiger partial charge on any atom is -0.450 e. The van der Waals surface area contributed by atoms with Gasteiger partial charge in [-0.25, -0.2) is 4.79 Å². The number of amides is 1. The molecular weight excluding hydrogens is 360 g/mol. The van der Waals surface area contributed by atoms with E-state index in [1.807, 2.05) is 0 Å². The Morgan fingerprint density at radius 2 is 2.09 bits per heavy atom. The summed E-state index contributed by atoms with van der Waals surface area (Å²) in [6, 6.07) is 8.31. The second kappa shape index (κ2) is 6.85. The molecule has 1 N–H and O–H groups in total. The van der Waals surface area contributed by atoms with E-state index in [1.165, 1.54) is 36.4 Å². The summed E-state index contributed by atoms with van der Waals surface area (Å²) >= 11 is 3.03. The van der Waals surface area contributed by atoms with Gasteiger partial charge in [-0.15, -0.1) is 0 Å². The first-order valence-electron chi connectivity index (χ1n) is 5.92. The van der Waals surface area contributed by atoms with Crippen LogP contribution in [0.1, 0.15) is 10.6 Å². The van der Waals surface area contributed by atoms with Crippen molar-refractivity contribution in [2.45, 2.75) is 0 Å². The molecule has 22 heavy (non-hydrogen) atoms. The molecule has 0 unspecified atom stereocenters. The van der Waals surface area contributed by atoms with E-state index in [9.17, 15) is 19.7 Å². The highest BCUT2D eigenvalue weighted by Crippen LogP contribution is 2.17. The van der Waals surface area contributed by atoms with Crippen molar-refractivity contribution < 1.29 is 23.7 Å². The van der Waals surface area contributed by atoms with Crippen LogP contribution in [0, 0.1) is 10.1 Å². The normalized spacial score (nSPS) is 10.0. The number of nitro benzene ring substituents is 1. The average Bonchev–Trinajstić information content (AvgIpc) is 2.91. The quantitative estimate of drug-likeness (QED) is 0.493. The number of esters is 1. The Labute approximate surface area is 132 Å². The van der Waals surface area contributed by atoms with E-state index in [2.05, 4.69) is 21.2 Å². The molecule has 2 rings (SSSR count). The summed E-state index contributed by atoms with van der Waals surface area (Å²) in [5.41, 5.74) is 0.0752. The number of nitrogens with one attached hydrogen (secondary N) is 1. The van der Waals surface area contributed by atoms with Gasteiger partial charge in [-0.1, -0.05) is 6.07 Å². The van der Waals surface area contributed by atoms with Gasteiger partial charge in [0, 0.05) is 17.8 Å². The maximum atomic E-state index is 11.6. The molecule has 0 spiro atoms. The number of hydrogen-bond acceptors (Lipinski definition) is 6. The fourth-order valence-corrected chi connectivity index (χ4v) is 1.83. The lowest BCUT2D eigenvalue weighted by Crippen LogP contribution is -2.20. The highest BCUT2D eigenvalue weighted by molar-refractivity contribution is 9.10. The van der Waals surface area contributed by atoms with Crippen LogP contribution in [0.2, 0.25) is 0 Å². The third-order valence-electron chi connectivity index (χ3n) is 2.45. The number of carbonyl (C=O) groups excluding carboxylic acids is 2. The smallest absolute Gasteiger partial charge is 0.374 e. The molecule has 114 valence electrons. The molecule has 0 saturated heterocycles. The highest BCUT2D eigenvalue weighted by Gasteiger charge is 2.14. The van der Waals surface area contributed by atoms with Gasteiger partial charge >= 0.3 is 5.97 Å². The van der Waals surface area contributed by atoms with Crippen LogP contribution in [-0.2, 0) is 9.53 Å². The maximum Gasteiger partial charge on any atom is 0.374 e. The molecule has 1 aromatic carbocycles. The Morgan fingerprint density at radius 3 is 2.73 bits per heavy atom. The number of non-ortho nitro benzene ring substituents is 1. The zero-order valence-electron chi connectivity index (χ0n) is 10.9. The molecule has 0 radical (unpaired) electrons. The van der Waals surface area contributed by atoms with E-state index < -0.39 is 23.4 Å². The van der Waals surface area contributed by atoms with E-state index in [0.717, 1.165) is 0 Å². The van der Waals surface area contributed by atoms with Crippen molar-refractivity contribution >= 4 is 39.2 Å². The van der Waals surface area contributed by atoms with Crippen LogP contribution in [0.25, 0.3) is 0 Å². The zero-order valence-corrected chi connectivity index (χ0v) is 12.5. The third-order valence-corrected chi connectivity index (χ3v) is 2.88. The largest absolute Gasteiger partial charge is 0.450 e. The van der Waals surface area contributed by atoms with Crippen molar-refractivity contribution in [3.8, 4) is 0 Å². The molecule has 8 nitrogen and oxygen atoms in total. The van der Waals surface area contributed by atoms with Gasteiger partial charge in [-0.05, 0) is 34.1 Å². The summed E-state index contributed by atoms with van der Waals surface area (Å²) in [5, 5.41) is 13.0. The topological polar surface area (TPSA) is 112 Å². The fraction of sp³-hybridized carbons (Fsp3) is 0.0769. The Bertz CT molecular complexity index is 727. The number of hydrogen-bond donors (Lipinski definition) is 1. The lowest BCUT2D eigenvalue weighted by Gasteiger charge is -2.05. The first-order valence-corrected chi connectivity index (χ1v) is 6.72. The Balaban J connectivity index is 1.89. The van der Waals surface area contributed by atoms with Crippen molar-refractivity contribution in [2.24, 2.45) is 0 Å². The molecule has 0 atom stereocenters. The average molecular weight is 369 g/mol. The minimum atomic E-state index is -0.792. The van der Waals surface area contributed by atoms with Crippen LogP contribution in [0.4, 0.5) is 11.4 Å². The molecule has 0 bridgehead atoms. The first kappa shape index (κ1) is 15.7. The number of furan rings is 1. The van der Waals surface area contributed by atoms with E-state index in [1.54, 1.807) is 0 Å².